The maximum Gasteiger partial charge on any atom is 0.251 e. The number of rotatable bonds is 14. The van der Waals surface area contributed by atoms with E-state index in [-0.39, 0.29) is 41.6 Å². The van der Waals surface area contributed by atoms with Gasteiger partial charge in [-0.2, -0.15) is 0 Å². The fraction of sp³-hybridized carbons (Fsp3) is 0.417. The lowest BCUT2D eigenvalue weighted by atomic mass is 9.81. The summed E-state index contributed by atoms with van der Waals surface area (Å²) in [6.07, 6.45) is 17.0. The first kappa shape index (κ1) is 58.7. The van der Waals surface area contributed by atoms with Crippen LogP contribution in [0.5, 0.6) is 23.0 Å². The summed E-state index contributed by atoms with van der Waals surface area (Å²) < 4.78 is 19.2. The summed E-state index contributed by atoms with van der Waals surface area (Å²) in [7, 11) is 0. The molecule has 0 spiro atoms. The van der Waals surface area contributed by atoms with Gasteiger partial charge in [-0.25, -0.2) is 9.15 Å². The SMILES string of the molecule is [N-]=[N+]=NCCCNC(=O)c1ccc(C(=O)[O-])c(C2=c3cc4c5c(c3Oc3c2cc2c6c3CCCN6CCC2)CCC[N+]=5CCC4)c1.[N-]=[N+]=NCCCNC(=O)c1ccc(C2=c3cc4c5c(c3Oc3c2cc2c6c3CCCN6CCC2)CCC[N+]=5CCC4)c(C(=O)[O-])c1. The van der Waals surface area contributed by atoms with Crippen LogP contribution < -0.4 is 70.4 Å². The van der Waals surface area contributed by atoms with Crippen LogP contribution in [0.1, 0.15) is 172 Å². The van der Waals surface area contributed by atoms with Gasteiger partial charge in [0.05, 0.1) is 23.1 Å². The molecule has 0 unspecified atom stereocenters. The number of nitrogens with zero attached hydrogens (tertiary/aromatic N) is 10. The van der Waals surface area contributed by atoms with Crippen LogP contribution in [0.15, 0.2) is 70.9 Å². The van der Waals surface area contributed by atoms with Crippen molar-refractivity contribution in [2.45, 2.75) is 116 Å². The fourth-order valence-electron chi connectivity index (χ4n) is 16.7. The van der Waals surface area contributed by atoms with Crippen molar-refractivity contribution in [1.29, 1.82) is 0 Å². The number of carbonyl (C=O) groups excluding carboxylic acids is 4. The molecule has 10 heterocycles. The molecule has 92 heavy (non-hydrogen) atoms. The van der Waals surface area contributed by atoms with Gasteiger partial charge in [0, 0.05) is 176 Å². The third kappa shape index (κ3) is 10.2. The largest absolute Gasteiger partial charge is 0.545 e. The molecule has 2 N–H and O–H groups in total. The Balaban J connectivity index is 0.000000153. The zero-order valence-corrected chi connectivity index (χ0v) is 51.7. The van der Waals surface area contributed by atoms with Crippen molar-refractivity contribution in [3.8, 4) is 23.0 Å². The number of hydrogen-bond donors (Lipinski definition) is 2. The predicted octanol–water partition coefficient (Wildman–Crippen LogP) is 5.83. The Morgan fingerprint density at radius 2 is 0.913 bits per heavy atom. The van der Waals surface area contributed by atoms with E-state index < -0.39 is 11.9 Å². The number of nitrogens with one attached hydrogen (secondary N) is 2. The molecule has 10 aliphatic heterocycles. The molecule has 0 saturated heterocycles. The number of ether oxygens (including phenoxy) is 2. The van der Waals surface area contributed by atoms with E-state index >= 15 is 0 Å². The number of azide groups is 2. The zero-order valence-electron chi connectivity index (χ0n) is 51.7. The molecule has 10 aliphatic rings. The molecule has 0 aromatic heterocycles. The summed E-state index contributed by atoms with van der Waals surface area (Å²) in [5, 5.41) is 42.8. The van der Waals surface area contributed by atoms with Crippen molar-refractivity contribution in [2.75, 3.05) is 88.3 Å². The summed E-state index contributed by atoms with van der Waals surface area (Å²) in [5.41, 5.74) is 34.8. The van der Waals surface area contributed by atoms with Gasteiger partial charge in [-0.15, -0.1) is 0 Å². The van der Waals surface area contributed by atoms with Gasteiger partial charge < -0.3 is 49.7 Å². The van der Waals surface area contributed by atoms with Gasteiger partial charge in [0.1, 0.15) is 49.2 Å². The Labute approximate surface area is 531 Å². The number of anilines is 2. The first-order chi connectivity index (χ1) is 45.1. The standard InChI is InChI=1S/2C36H36N6O4/c37-40-39-13-5-12-38-35(43)23-10-11-24(36(44)45)27(20-23)30-28-18-21-6-1-14-41-16-3-8-25(31(21)41)33(28)46-34-26-9-4-17-42-15-2-7-22(32(26)42)19-29(30)34;37-40-39-13-5-12-38-35(43)23-10-11-24(27(20-23)36(44)45)30-28-18-21-6-1-14-41-16-3-8-25(31(21)41)33(28)46-34-26-9-4-17-42-15-2-7-22(32(26)42)19-29(30)34/h2*10-11,18-20H,1-9,12-17H2,(H-,38,43,44,45). The summed E-state index contributed by atoms with van der Waals surface area (Å²) >= 11 is 0. The quantitative estimate of drug-likeness (QED) is 0.0432. The zero-order chi connectivity index (χ0) is 62.7. The van der Waals surface area contributed by atoms with Crippen molar-refractivity contribution in [3.63, 3.8) is 0 Å². The predicted molar refractivity (Wildman–Crippen MR) is 344 cm³/mol. The number of carbonyl (C=O) groups is 4. The van der Waals surface area contributed by atoms with Gasteiger partial charge >= 0.3 is 0 Å². The van der Waals surface area contributed by atoms with Gasteiger partial charge in [-0.1, -0.05) is 22.4 Å². The summed E-state index contributed by atoms with van der Waals surface area (Å²) in [4.78, 5) is 62.5. The minimum Gasteiger partial charge on any atom is -0.545 e. The lowest BCUT2D eigenvalue weighted by Gasteiger charge is -2.39. The van der Waals surface area contributed by atoms with E-state index in [1.165, 1.54) is 78.7 Å². The highest BCUT2D eigenvalue weighted by atomic mass is 16.5. The third-order valence-electron chi connectivity index (χ3n) is 20.5. The molecular formula is C72H72N12O8. The number of fused-ring (bicyclic) bond motifs is 8. The van der Waals surface area contributed by atoms with Crippen LogP contribution in [0.2, 0.25) is 0 Å². The molecule has 0 fully saturated rings. The maximum atomic E-state index is 13.3. The molecule has 20 nitrogen and oxygen atoms in total. The smallest absolute Gasteiger partial charge is 0.251 e. The molecule has 16 rings (SSSR count). The molecule has 0 atom stereocenters. The van der Waals surface area contributed by atoms with Crippen LogP contribution in [-0.4, -0.2) is 102 Å². The van der Waals surface area contributed by atoms with E-state index in [0.717, 1.165) is 211 Å². The van der Waals surface area contributed by atoms with E-state index in [4.69, 9.17) is 20.5 Å². The highest BCUT2D eigenvalue weighted by Gasteiger charge is 2.39. The molecule has 6 aromatic rings. The number of aryl methyl sites for hydroxylation is 4. The van der Waals surface area contributed by atoms with Crippen LogP contribution in [0.3, 0.4) is 0 Å². The number of carboxylic acid groups (broad SMARTS) is 2. The molecule has 0 radical (unpaired) electrons. The molecule has 20 heteroatoms. The molecular weight excluding hydrogens is 1160 g/mol. The number of benzene rings is 6. The number of carboxylic acids is 2. The van der Waals surface area contributed by atoms with Crippen molar-refractivity contribution >= 4 is 46.3 Å². The first-order valence-corrected chi connectivity index (χ1v) is 33.2. The molecule has 0 aliphatic carbocycles. The van der Waals surface area contributed by atoms with Crippen molar-refractivity contribution in [1.82, 2.24) is 19.8 Å². The van der Waals surface area contributed by atoms with E-state index in [2.05, 4.69) is 73.9 Å². The molecule has 0 bridgehead atoms. The Bertz CT molecular complexity index is 4590. The summed E-state index contributed by atoms with van der Waals surface area (Å²) in [6, 6.07) is 18.6. The van der Waals surface area contributed by atoms with Crippen LogP contribution in [0, 0.1) is 0 Å². The maximum absolute atomic E-state index is 13.3. The second kappa shape index (κ2) is 24.5. The highest BCUT2D eigenvalue weighted by Crippen LogP contribution is 2.51. The molecule has 2 amide bonds. The van der Waals surface area contributed by atoms with E-state index in [1.807, 2.05) is 0 Å². The van der Waals surface area contributed by atoms with Gasteiger partial charge in [-0.3, -0.25) is 9.59 Å². The molecule has 0 saturated carbocycles. The normalized spacial score (nSPS) is 17.1. The lowest BCUT2D eigenvalue weighted by molar-refractivity contribution is -0.256. The van der Waals surface area contributed by atoms with Gasteiger partial charge in [0.15, 0.2) is 0 Å². The summed E-state index contributed by atoms with van der Waals surface area (Å²) in [5.74, 6) is 0.0486. The first-order valence-electron chi connectivity index (χ1n) is 33.2. The third-order valence-corrected chi connectivity index (χ3v) is 20.5. The second-order valence-electron chi connectivity index (χ2n) is 25.9. The van der Waals surface area contributed by atoms with E-state index in [0.29, 0.717) is 42.6 Å². The monoisotopic (exact) mass is 1230 g/mol. The minimum absolute atomic E-state index is 0.0171. The van der Waals surface area contributed by atoms with E-state index in [1.54, 1.807) is 24.3 Å². The van der Waals surface area contributed by atoms with Crippen LogP contribution in [0.25, 0.3) is 32.0 Å². The van der Waals surface area contributed by atoms with Gasteiger partial charge in [0.25, 0.3) is 11.8 Å². The van der Waals surface area contributed by atoms with Crippen LogP contribution in [-0.2, 0) is 51.4 Å². The van der Waals surface area contributed by atoms with Crippen LogP contribution in [0.4, 0.5) is 11.4 Å². The number of hydrogen-bond acceptors (Lipinski definition) is 12. The van der Waals surface area contributed by atoms with Crippen molar-refractivity contribution < 1.29 is 38.9 Å². The van der Waals surface area contributed by atoms with E-state index in [9.17, 15) is 29.4 Å². The number of aromatic carboxylic acids is 2. The van der Waals surface area contributed by atoms with Gasteiger partial charge in [-0.05, 0) is 172 Å². The summed E-state index contributed by atoms with van der Waals surface area (Å²) in [6.45, 7) is 9.53. The van der Waals surface area contributed by atoms with Crippen molar-refractivity contribution in [3.05, 3.63) is 192 Å². The second-order valence-corrected chi connectivity index (χ2v) is 25.9. The minimum atomic E-state index is -1.33. The van der Waals surface area contributed by atoms with Gasteiger partial charge in [0.2, 0.25) is 10.7 Å². The molecule has 6 aromatic carbocycles. The topological polar surface area (TPSA) is 267 Å². The Morgan fingerprint density at radius 3 is 1.40 bits per heavy atom. The number of amides is 2. The average molecular weight is 1230 g/mol. The molecule has 468 valence electrons. The van der Waals surface area contributed by atoms with Crippen LogP contribution >= 0.6 is 0 Å². The van der Waals surface area contributed by atoms with Crippen molar-refractivity contribution in [2.24, 2.45) is 10.2 Å². The Morgan fingerprint density at radius 1 is 0.478 bits per heavy atom. The highest BCUT2D eigenvalue weighted by molar-refractivity contribution is 6.04. The Hall–Kier alpha value is -9.64. The lowest BCUT2D eigenvalue weighted by Crippen LogP contribution is -2.45. The Kier molecular flexibility index (Phi) is 15.7. The average Bonchev–Trinajstić information content (AvgIpc) is 0.722. The fourth-order valence-corrected chi connectivity index (χ4v) is 16.7.